The van der Waals surface area contributed by atoms with E-state index in [4.69, 9.17) is 0 Å². The molecule has 0 saturated carbocycles. The van der Waals surface area contributed by atoms with Crippen LogP contribution in [0.15, 0.2) is 40.3 Å². The van der Waals surface area contributed by atoms with E-state index in [2.05, 4.69) is 20.4 Å². The van der Waals surface area contributed by atoms with Crippen molar-refractivity contribution >= 4 is 10.9 Å². The molecule has 1 saturated heterocycles. The first-order chi connectivity index (χ1) is 11.2. The molecule has 0 amide bonds. The van der Waals surface area contributed by atoms with Gasteiger partial charge in [0.25, 0.3) is 5.56 Å². The minimum atomic E-state index is -0.507. The normalized spacial score (nSPS) is 16.0. The van der Waals surface area contributed by atoms with Crippen LogP contribution in [0.2, 0.25) is 0 Å². The number of H-pyrrole nitrogens is 1. The molecule has 3 aromatic heterocycles. The highest BCUT2D eigenvalue weighted by Gasteiger charge is 2.19. The molecular formula is C15H16N6O2. The Kier molecular flexibility index (Phi) is 3.30. The molecule has 4 rings (SSSR count). The average Bonchev–Trinajstić information content (AvgIpc) is 3.00. The molecule has 3 aromatic rings. The van der Waals surface area contributed by atoms with Crippen LogP contribution in [0.1, 0.15) is 18.9 Å². The maximum absolute atomic E-state index is 12.0. The molecule has 23 heavy (non-hydrogen) atoms. The smallest absolute Gasteiger partial charge is 0.317 e. The average molecular weight is 312 g/mol. The van der Waals surface area contributed by atoms with Gasteiger partial charge in [-0.15, -0.1) is 0 Å². The van der Waals surface area contributed by atoms with Crippen LogP contribution >= 0.6 is 0 Å². The Morgan fingerprint density at radius 1 is 1.17 bits per heavy atom. The Morgan fingerprint density at radius 3 is 2.78 bits per heavy atom. The van der Waals surface area contributed by atoms with E-state index in [-0.39, 0.29) is 0 Å². The van der Waals surface area contributed by atoms with Crippen molar-refractivity contribution in [3.05, 3.63) is 51.6 Å². The molecule has 0 aromatic carbocycles. The summed E-state index contributed by atoms with van der Waals surface area (Å²) in [6.45, 7) is 1.95. The second kappa shape index (κ2) is 5.47. The third kappa shape index (κ3) is 2.36. The van der Waals surface area contributed by atoms with Crippen molar-refractivity contribution in [1.29, 1.82) is 0 Å². The summed E-state index contributed by atoms with van der Waals surface area (Å²) >= 11 is 0. The second-order valence-electron chi connectivity index (χ2n) is 5.62. The monoisotopic (exact) mass is 312 g/mol. The van der Waals surface area contributed by atoms with Crippen LogP contribution in [0.5, 0.6) is 0 Å². The lowest BCUT2D eigenvalue weighted by atomic mass is 10.1. The molecule has 0 atom stereocenters. The van der Waals surface area contributed by atoms with Crippen LogP contribution in [-0.2, 0) is 0 Å². The van der Waals surface area contributed by atoms with Crippen molar-refractivity contribution in [3.8, 4) is 5.82 Å². The number of nitrogens with one attached hydrogen (secondary N) is 2. The van der Waals surface area contributed by atoms with Crippen LogP contribution in [-0.4, -0.2) is 37.4 Å². The van der Waals surface area contributed by atoms with Crippen molar-refractivity contribution < 1.29 is 0 Å². The highest BCUT2D eigenvalue weighted by Crippen LogP contribution is 2.25. The van der Waals surface area contributed by atoms with Crippen molar-refractivity contribution in [2.75, 3.05) is 13.1 Å². The Bertz CT molecular complexity index is 964. The number of fused-ring (bicyclic) bond motifs is 1. The maximum atomic E-state index is 12.0. The fourth-order valence-corrected chi connectivity index (χ4v) is 3.08. The fourth-order valence-electron chi connectivity index (χ4n) is 3.08. The minimum Gasteiger partial charge on any atom is -0.317 e. The third-order valence-corrected chi connectivity index (χ3v) is 4.21. The zero-order valence-corrected chi connectivity index (χ0v) is 12.4. The molecule has 0 bridgehead atoms. The predicted molar refractivity (Wildman–Crippen MR) is 84.9 cm³/mol. The molecular weight excluding hydrogens is 296 g/mol. The summed E-state index contributed by atoms with van der Waals surface area (Å²) in [7, 11) is 0. The predicted octanol–water partition coefficient (Wildman–Crippen LogP) is 0.195. The van der Waals surface area contributed by atoms with Gasteiger partial charge in [0.2, 0.25) is 0 Å². The number of nitrogens with zero attached hydrogens (tertiary/aromatic N) is 4. The first-order valence-electron chi connectivity index (χ1n) is 7.59. The van der Waals surface area contributed by atoms with Gasteiger partial charge in [-0.05, 0) is 32.0 Å². The fraction of sp³-hybridized carbons (Fsp3) is 0.333. The van der Waals surface area contributed by atoms with Gasteiger partial charge >= 0.3 is 5.69 Å². The lowest BCUT2D eigenvalue weighted by molar-refractivity contribution is 0.351. The SMILES string of the molecule is O=c1ccn(-c2nccc3c2cnn3C2CCNCC2)c(=O)[nH]1. The number of pyridine rings is 1. The van der Waals surface area contributed by atoms with Crippen molar-refractivity contribution in [2.24, 2.45) is 0 Å². The standard InChI is InChI=1S/C15H16N6O2/c22-13-4-8-20(15(23)19-13)14-11-9-18-21(12(11)3-7-17-14)10-1-5-16-6-2-10/h3-4,7-10,16H,1-2,5-6H2,(H,19,22,23). The molecule has 8 heteroatoms. The van der Waals surface area contributed by atoms with Gasteiger partial charge in [-0.1, -0.05) is 0 Å². The van der Waals surface area contributed by atoms with Crippen LogP contribution in [0.25, 0.3) is 16.7 Å². The highest BCUT2D eigenvalue weighted by molar-refractivity contribution is 5.85. The molecule has 2 N–H and O–H groups in total. The molecule has 1 aliphatic rings. The number of aromatic amines is 1. The number of hydrogen-bond donors (Lipinski definition) is 2. The lowest BCUT2D eigenvalue weighted by Crippen LogP contribution is -2.30. The van der Waals surface area contributed by atoms with E-state index in [1.807, 2.05) is 10.7 Å². The highest BCUT2D eigenvalue weighted by atomic mass is 16.2. The van der Waals surface area contributed by atoms with E-state index in [0.29, 0.717) is 11.9 Å². The zero-order chi connectivity index (χ0) is 15.8. The van der Waals surface area contributed by atoms with Crippen LogP contribution < -0.4 is 16.6 Å². The van der Waals surface area contributed by atoms with Crippen molar-refractivity contribution in [1.82, 2.24) is 29.6 Å². The molecule has 8 nitrogen and oxygen atoms in total. The molecule has 1 aliphatic heterocycles. The van der Waals surface area contributed by atoms with E-state index in [9.17, 15) is 9.59 Å². The van der Waals surface area contributed by atoms with E-state index >= 15 is 0 Å². The topological polar surface area (TPSA) is 97.6 Å². The molecule has 0 aliphatic carbocycles. The summed E-state index contributed by atoms with van der Waals surface area (Å²) in [6.07, 6.45) is 6.87. The van der Waals surface area contributed by atoms with E-state index < -0.39 is 11.2 Å². The van der Waals surface area contributed by atoms with E-state index in [1.165, 1.54) is 16.8 Å². The summed E-state index contributed by atoms with van der Waals surface area (Å²) in [6, 6.07) is 3.56. The summed E-state index contributed by atoms with van der Waals surface area (Å²) < 4.78 is 3.34. The Balaban J connectivity index is 1.87. The van der Waals surface area contributed by atoms with Crippen LogP contribution in [0.4, 0.5) is 0 Å². The number of rotatable bonds is 2. The van der Waals surface area contributed by atoms with Crippen molar-refractivity contribution in [2.45, 2.75) is 18.9 Å². The lowest BCUT2D eigenvalue weighted by Gasteiger charge is -2.23. The summed E-state index contributed by atoms with van der Waals surface area (Å²) in [4.78, 5) is 29.8. The largest absolute Gasteiger partial charge is 0.334 e. The molecule has 118 valence electrons. The third-order valence-electron chi connectivity index (χ3n) is 4.21. The molecule has 4 heterocycles. The van der Waals surface area contributed by atoms with E-state index in [1.54, 1.807) is 12.4 Å². The van der Waals surface area contributed by atoms with Gasteiger partial charge in [-0.3, -0.25) is 19.0 Å². The molecule has 0 radical (unpaired) electrons. The summed E-state index contributed by atoms with van der Waals surface area (Å²) in [5.41, 5.74) is 0.0101. The van der Waals surface area contributed by atoms with Gasteiger partial charge in [-0.2, -0.15) is 5.10 Å². The van der Waals surface area contributed by atoms with Gasteiger partial charge in [0.15, 0.2) is 5.82 Å². The van der Waals surface area contributed by atoms with Crippen LogP contribution in [0, 0.1) is 0 Å². The van der Waals surface area contributed by atoms with Gasteiger partial charge in [0.05, 0.1) is 23.1 Å². The first kappa shape index (κ1) is 13.9. The Hall–Kier alpha value is -2.74. The maximum Gasteiger partial charge on any atom is 0.334 e. The minimum absolute atomic E-state index is 0.344. The first-order valence-corrected chi connectivity index (χ1v) is 7.59. The summed E-state index contributed by atoms with van der Waals surface area (Å²) in [5, 5.41) is 8.65. The molecule has 0 unspecified atom stereocenters. The van der Waals surface area contributed by atoms with Crippen molar-refractivity contribution in [3.63, 3.8) is 0 Å². The second-order valence-corrected chi connectivity index (χ2v) is 5.62. The number of aromatic nitrogens is 5. The van der Waals surface area contributed by atoms with E-state index in [0.717, 1.165) is 36.8 Å². The number of hydrogen-bond acceptors (Lipinski definition) is 5. The van der Waals surface area contributed by atoms with Gasteiger partial charge in [0.1, 0.15) is 0 Å². The van der Waals surface area contributed by atoms with Gasteiger partial charge < -0.3 is 5.32 Å². The quantitative estimate of drug-likeness (QED) is 0.704. The number of piperidine rings is 1. The molecule has 0 spiro atoms. The molecule has 1 fully saturated rings. The summed E-state index contributed by atoms with van der Waals surface area (Å²) in [5.74, 6) is 0.476. The Labute approximate surface area is 130 Å². The van der Waals surface area contributed by atoms with Crippen LogP contribution in [0.3, 0.4) is 0 Å². The van der Waals surface area contributed by atoms with Gasteiger partial charge in [0, 0.05) is 18.5 Å². The van der Waals surface area contributed by atoms with Gasteiger partial charge in [-0.25, -0.2) is 9.78 Å². The zero-order valence-electron chi connectivity index (χ0n) is 12.4. The Morgan fingerprint density at radius 2 is 2.00 bits per heavy atom.